The third kappa shape index (κ3) is 4.24. The molecule has 0 aliphatic heterocycles. The molecule has 1 aromatic carbocycles. The van der Waals surface area contributed by atoms with E-state index in [-0.39, 0.29) is 5.91 Å². The first kappa shape index (κ1) is 17.2. The van der Waals surface area contributed by atoms with E-state index < -0.39 is 0 Å². The normalized spacial score (nSPS) is 10.8. The Kier molecular flexibility index (Phi) is 5.25. The number of para-hydroxylation sites is 1. The maximum atomic E-state index is 12.2. The first-order chi connectivity index (χ1) is 12.7. The molecule has 0 radical (unpaired) electrons. The van der Waals surface area contributed by atoms with Crippen molar-refractivity contribution in [1.29, 1.82) is 5.26 Å². The van der Waals surface area contributed by atoms with Crippen molar-refractivity contribution in [3.63, 3.8) is 0 Å². The van der Waals surface area contributed by atoms with E-state index in [1.807, 2.05) is 43.5 Å². The number of hydrogen-bond donors (Lipinski definition) is 1. The van der Waals surface area contributed by atoms with Gasteiger partial charge in [-0.1, -0.05) is 18.2 Å². The van der Waals surface area contributed by atoms with Gasteiger partial charge < -0.3 is 5.32 Å². The Labute approximate surface area is 151 Å². The summed E-state index contributed by atoms with van der Waals surface area (Å²) in [7, 11) is 0. The van der Waals surface area contributed by atoms with Gasteiger partial charge in [0.25, 0.3) is 0 Å². The number of carbonyl (C=O) groups is 1. The number of anilines is 1. The largest absolute Gasteiger partial charge is 0.307 e. The summed E-state index contributed by atoms with van der Waals surface area (Å²) in [6.45, 7) is 2.28. The van der Waals surface area contributed by atoms with Crippen LogP contribution in [0.4, 0.5) is 5.82 Å². The van der Waals surface area contributed by atoms with Crippen LogP contribution in [0.2, 0.25) is 0 Å². The molecule has 0 unspecified atom stereocenters. The number of aromatic nitrogens is 4. The SMILES string of the molecule is Cc1cc(NC(=O)/C=C/c2cnn(-c3ccccc3)c2)n(CCC#N)n1. The number of carbonyl (C=O) groups excluding carboxylic acids is 1. The van der Waals surface area contributed by atoms with Crippen LogP contribution in [-0.4, -0.2) is 25.5 Å². The first-order valence-electron chi connectivity index (χ1n) is 8.16. The molecular formula is C19H18N6O. The molecule has 0 saturated carbocycles. The van der Waals surface area contributed by atoms with Crippen molar-refractivity contribution in [2.45, 2.75) is 19.9 Å². The summed E-state index contributed by atoms with van der Waals surface area (Å²) in [5, 5.41) is 20.0. The number of rotatable bonds is 6. The highest BCUT2D eigenvalue weighted by Gasteiger charge is 2.07. The van der Waals surface area contributed by atoms with E-state index in [9.17, 15) is 4.79 Å². The Bertz CT molecular complexity index is 962. The molecule has 7 heteroatoms. The topological polar surface area (TPSA) is 88.5 Å². The molecule has 1 N–H and O–H groups in total. The van der Waals surface area contributed by atoms with Gasteiger partial charge in [0.15, 0.2) is 0 Å². The Morgan fingerprint density at radius 1 is 1.35 bits per heavy atom. The van der Waals surface area contributed by atoms with Crippen LogP contribution >= 0.6 is 0 Å². The third-order valence-corrected chi connectivity index (χ3v) is 3.64. The molecule has 0 fully saturated rings. The van der Waals surface area contributed by atoms with Crippen molar-refractivity contribution < 1.29 is 4.79 Å². The molecule has 2 aromatic heterocycles. The van der Waals surface area contributed by atoms with Crippen molar-refractivity contribution in [1.82, 2.24) is 19.6 Å². The molecular weight excluding hydrogens is 328 g/mol. The standard InChI is InChI=1S/C19H18N6O/c1-15-12-18(24(23-15)11-5-10-20)22-19(26)9-8-16-13-21-25(14-16)17-6-3-2-4-7-17/h2-4,6-9,12-14H,5,11H2,1H3,(H,22,26)/b9-8+. The summed E-state index contributed by atoms with van der Waals surface area (Å²) in [5.41, 5.74) is 2.55. The lowest BCUT2D eigenvalue weighted by atomic mass is 10.3. The minimum Gasteiger partial charge on any atom is -0.307 e. The number of nitrogens with one attached hydrogen (secondary N) is 1. The lowest BCUT2D eigenvalue weighted by Gasteiger charge is -2.05. The van der Waals surface area contributed by atoms with Gasteiger partial charge in [0.2, 0.25) is 5.91 Å². The maximum absolute atomic E-state index is 12.2. The number of hydrogen-bond acceptors (Lipinski definition) is 4. The minimum atomic E-state index is -0.268. The van der Waals surface area contributed by atoms with Gasteiger partial charge in [-0.2, -0.15) is 15.5 Å². The summed E-state index contributed by atoms with van der Waals surface area (Å²) in [4.78, 5) is 12.2. The van der Waals surface area contributed by atoms with Gasteiger partial charge in [-0.05, 0) is 25.1 Å². The van der Waals surface area contributed by atoms with E-state index in [1.165, 1.54) is 6.08 Å². The van der Waals surface area contributed by atoms with Gasteiger partial charge in [-0.25, -0.2) is 9.36 Å². The van der Waals surface area contributed by atoms with E-state index in [1.54, 1.807) is 27.7 Å². The number of nitrogens with zero attached hydrogens (tertiary/aromatic N) is 5. The molecule has 0 saturated heterocycles. The monoisotopic (exact) mass is 346 g/mol. The van der Waals surface area contributed by atoms with Crippen LogP contribution in [0.25, 0.3) is 11.8 Å². The number of nitriles is 1. The van der Waals surface area contributed by atoms with E-state index in [0.29, 0.717) is 18.8 Å². The van der Waals surface area contributed by atoms with E-state index in [0.717, 1.165) is 16.9 Å². The summed E-state index contributed by atoms with van der Waals surface area (Å²) in [6.07, 6.45) is 7.02. The molecule has 3 aromatic rings. The van der Waals surface area contributed by atoms with Crippen LogP contribution in [0.3, 0.4) is 0 Å². The Hall–Kier alpha value is -3.66. The molecule has 7 nitrogen and oxygen atoms in total. The summed E-state index contributed by atoms with van der Waals surface area (Å²) in [6, 6.07) is 13.6. The lowest BCUT2D eigenvalue weighted by Crippen LogP contribution is -2.13. The maximum Gasteiger partial charge on any atom is 0.249 e. The van der Waals surface area contributed by atoms with Crippen LogP contribution in [0, 0.1) is 18.3 Å². The average molecular weight is 346 g/mol. The highest BCUT2D eigenvalue weighted by molar-refractivity contribution is 6.01. The third-order valence-electron chi connectivity index (χ3n) is 3.64. The molecule has 130 valence electrons. The van der Waals surface area contributed by atoms with Crippen LogP contribution < -0.4 is 5.32 Å². The average Bonchev–Trinajstić information content (AvgIpc) is 3.25. The first-order valence-corrected chi connectivity index (χ1v) is 8.16. The van der Waals surface area contributed by atoms with E-state index in [2.05, 4.69) is 21.6 Å². The number of amides is 1. The molecule has 0 bridgehead atoms. The van der Waals surface area contributed by atoms with E-state index in [4.69, 9.17) is 5.26 Å². The van der Waals surface area contributed by atoms with Crippen molar-refractivity contribution >= 4 is 17.8 Å². The molecule has 26 heavy (non-hydrogen) atoms. The van der Waals surface area contributed by atoms with Gasteiger partial charge in [0.05, 0.1) is 36.6 Å². The fourth-order valence-electron chi connectivity index (χ4n) is 2.46. The highest BCUT2D eigenvalue weighted by atomic mass is 16.1. The predicted molar refractivity (Wildman–Crippen MR) is 98.4 cm³/mol. The smallest absolute Gasteiger partial charge is 0.249 e. The van der Waals surface area contributed by atoms with Crippen LogP contribution in [0.5, 0.6) is 0 Å². The number of benzene rings is 1. The van der Waals surface area contributed by atoms with Gasteiger partial charge in [-0.15, -0.1) is 0 Å². The molecule has 2 heterocycles. The van der Waals surface area contributed by atoms with Gasteiger partial charge >= 0.3 is 0 Å². The van der Waals surface area contributed by atoms with Crippen LogP contribution in [0.1, 0.15) is 17.7 Å². The van der Waals surface area contributed by atoms with Crippen LogP contribution in [-0.2, 0) is 11.3 Å². The van der Waals surface area contributed by atoms with E-state index >= 15 is 0 Å². The van der Waals surface area contributed by atoms with Gasteiger partial charge in [0, 0.05) is 23.9 Å². The quantitative estimate of drug-likeness (QED) is 0.695. The number of aryl methyl sites for hydroxylation is 2. The Morgan fingerprint density at radius 3 is 2.92 bits per heavy atom. The summed E-state index contributed by atoms with van der Waals surface area (Å²) < 4.78 is 3.37. The predicted octanol–water partition coefficient (Wildman–Crippen LogP) is 2.94. The minimum absolute atomic E-state index is 0.268. The Balaban J connectivity index is 1.66. The van der Waals surface area contributed by atoms with Crippen molar-refractivity contribution in [3.05, 3.63) is 66.1 Å². The molecule has 3 rings (SSSR count). The zero-order valence-corrected chi connectivity index (χ0v) is 14.3. The summed E-state index contributed by atoms with van der Waals surface area (Å²) in [5.74, 6) is 0.308. The lowest BCUT2D eigenvalue weighted by molar-refractivity contribution is -0.111. The molecule has 1 amide bonds. The zero-order valence-electron chi connectivity index (χ0n) is 14.3. The molecule has 0 spiro atoms. The second kappa shape index (κ2) is 7.94. The molecule has 0 aliphatic rings. The fourth-order valence-corrected chi connectivity index (χ4v) is 2.46. The van der Waals surface area contributed by atoms with Gasteiger partial charge in [-0.3, -0.25) is 4.79 Å². The van der Waals surface area contributed by atoms with Gasteiger partial charge in [0.1, 0.15) is 5.82 Å². The van der Waals surface area contributed by atoms with Crippen molar-refractivity contribution in [2.24, 2.45) is 0 Å². The second-order valence-corrected chi connectivity index (χ2v) is 5.68. The molecule has 0 atom stereocenters. The Morgan fingerprint density at radius 2 is 2.15 bits per heavy atom. The van der Waals surface area contributed by atoms with Crippen molar-refractivity contribution in [3.8, 4) is 11.8 Å². The molecule has 0 aliphatic carbocycles. The van der Waals surface area contributed by atoms with Crippen molar-refractivity contribution in [2.75, 3.05) is 5.32 Å². The second-order valence-electron chi connectivity index (χ2n) is 5.68. The zero-order chi connectivity index (χ0) is 18.4. The highest BCUT2D eigenvalue weighted by Crippen LogP contribution is 2.12. The van der Waals surface area contributed by atoms with Crippen LogP contribution in [0.15, 0.2) is 54.9 Å². The summed E-state index contributed by atoms with van der Waals surface area (Å²) >= 11 is 0. The fraction of sp³-hybridized carbons (Fsp3) is 0.158.